The van der Waals surface area contributed by atoms with E-state index in [1.165, 1.54) is 6.07 Å². The summed E-state index contributed by atoms with van der Waals surface area (Å²) in [5, 5.41) is 24.6. The van der Waals surface area contributed by atoms with E-state index >= 15 is 0 Å². The molecular weight excluding hydrogens is 450 g/mol. The molecule has 182 valence electrons. The number of ether oxygens (including phenoxy) is 1. The molecule has 1 aromatic carbocycles. The summed E-state index contributed by atoms with van der Waals surface area (Å²) in [6.07, 6.45) is 2.66. The molecule has 11 heteroatoms. The fraction of sp³-hybridized carbons (Fsp3) is 0.333. The third-order valence-electron chi connectivity index (χ3n) is 5.24. The molecule has 11 nitrogen and oxygen atoms in total. The van der Waals surface area contributed by atoms with E-state index in [0.717, 1.165) is 16.5 Å². The third-order valence-corrected chi connectivity index (χ3v) is 5.24. The molecule has 0 saturated carbocycles. The molecule has 0 aliphatic carbocycles. The molecule has 0 spiro atoms. The zero-order chi connectivity index (χ0) is 25.2. The molecular formula is C24H27N7O4. The number of amides is 1. The van der Waals surface area contributed by atoms with Crippen LogP contribution >= 0.6 is 0 Å². The van der Waals surface area contributed by atoms with Gasteiger partial charge in [-0.25, -0.2) is 9.78 Å². The number of carbonyl (C=O) groups is 1. The molecule has 0 fully saturated rings. The molecule has 1 atom stereocenters. The summed E-state index contributed by atoms with van der Waals surface area (Å²) in [5.41, 5.74) is 1.20. The van der Waals surface area contributed by atoms with E-state index in [1.54, 1.807) is 38.2 Å². The number of carbonyl (C=O) groups excluding carboxylic acids is 1. The minimum absolute atomic E-state index is 0.00224. The Morgan fingerprint density at radius 2 is 2.09 bits per heavy atom. The number of hydrazone groups is 1. The number of anilines is 2. The van der Waals surface area contributed by atoms with E-state index in [1.807, 2.05) is 37.4 Å². The Bertz CT molecular complexity index is 1300. The predicted molar refractivity (Wildman–Crippen MR) is 134 cm³/mol. The standard InChI is InChI=1S/C24H27N7O4/c1-24(2,3)35-23(32)29-20-11-19(17-13-27-30(4)14-17)28-22(21(20)31(33)34)26-12-15-7-8-18-16(10-15)6-5-9-25-18/h5-11,13,17H,12,14H2,1-4H3,(H2,26,28,29,32). The summed E-state index contributed by atoms with van der Waals surface area (Å²) in [7, 11) is 1.83. The van der Waals surface area contributed by atoms with Crippen molar-refractivity contribution >= 4 is 40.4 Å². The van der Waals surface area contributed by atoms with Gasteiger partial charge in [-0.2, -0.15) is 5.10 Å². The average molecular weight is 478 g/mol. The molecule has 0 radical (unpaired) electrons. The lowest BCUT2D eigenvalue weighted by atomic mass is 10.1. The highest BCUT2D eigenvalue weighted by Gasteiger charge is 2.29. The Kier molecular flexibility index (Phi) is 6.50. The Balaban J connectivity index is 1.69. The van der Waals surface area contributed by atoms with Gasteiger partial charge in [-0.1, -0.05) is 12.1 Å². The third kappa shape index (κ3) is 5.81. The van der Waals surface area contributed by atoms with Gasteiger partial charge in [-0.3, -0.25) is 25.4 Å². The molecule has 3 heterocycles. The number of nitro groups is 1. The number of rotatable bonds is 6. The van der Waals surface area contributed by atoms with Crippen LogP contribution < -0.4 is 10.6 Å². The molecule has 35 heavy (non-hydrogen) atoms. The number of hydrogen-bond acceptors (Lipinski definition) is 9. The van der Waals surface area contributed by atoms with Crippen molar-refractivity contribution in [2.75, 3.05) is 24.2 Å². The van der Waals surface area contributed by atoms with Gasteiger partial charge in [-0.05, 0) is 50.6 Å². The molecule has 1 aliphatic rings. The quantitative estimate of drug-likeness (QED) is 0.391. The van der Waals surface area contributed by atoms with Gasteiger partial charge in [0.15, 0.2) is 0 Å². The van der Waals surface area contributed by atoms with Gasteiger partial charge in [0.05, 0.1) is 22.1 Å². The number of aromatic nitrogens is 2. The largest absolute Gasteiger partial charge is 0.444 e. The average Bonchev–Trinajstić information content (AvgIpc) is 3.22. The van der Waals surface area contributed by atoms with Crippen LogP contribution in [0.1, 0.15) is 37.9 Å². The smallest absolute Gasteiger partial charge is 0.412 e. The first-order valence-corrected chi connectivity index (χ1v) is 11.1. The highest BCUT2D eigenvalue weighted by Crippen LogP contribution is 2.35. The second-order valence-corrected chi connectivity index (χ2v) is 9.27. The second kappa shape index (κ2) is 9.53. The van der Waals surface area contributed by atoms with Crippen molar-refractivity contribution in [2.24, 2.45) is 5.10 Å². The Morgan fingerprint density at radius 3 is 2.77 bits per heavy atom. The van der Waals surface area contributed by atoms with Crippen molar-refractivity contribution in [1.29, 1.82) is 0 Å². The minimum atomic E-state index is -0.789. The van der Waals surface area contributed by atoms with Crippen molar-refractivity contribution < 1.29 is 14.5 Å². The molecule has 2 N–H and O–H groups in total. The van der Waals surface area contributed by atoms with Crippen LogP contribution in [0.25, 0.3) is 10.9 Å². The first-order valence-electron chi connectivity index (χ1n) is 11.1. The monoisotopic (exact) mass is 477 g/mol. The van der Waals surface area contributed by atoms with Gasteiger partial charge in [0.2, 0.25) is 5.82 Å². The molecule has 2 aromatic heterocycles. The first kappa shape index (κ1) is 23.9. The molecule has 1 amide bonds. The van der Waals surface area contributed by atoms with Gasteiger partial charge in [0, 0.05) is 37.9 Å². The van der Waals surface area contributed by atoms with Crippen LogP contribution in [0, 0.1) is 10.1 Å². The summed E-state index contributed by atoms with van der Waals surface area (Å²) < 4.78 is 5.31. The second-order valence-electron chi connectivity index (χ2n) is 9.27. The van der Waals surface area contributed by atoms with Gasteiger partial charge < -0.3 is 10.1 Å². The first-order chi connectivity index (χ1) is 16.6. The number of nitrogens with one attached hydrogen (secondary N) is 2. The topological polar surface area (TPSA) is 135 Å². The zero-order valence-electron chi connectivity index (χ0n) is 20.0. The maximum absolute atomic E-state index is 12.5. The van der Waals surface area contributed by atoms with E-state index in [2.05, 4.69) is 25.7 Å². The van der Waals surface area contributed by atoms with Crippen LogP contribution in [-0.2, 0) is 11.3 Å². The van der Waals surface area contributed by atoms with Gasteiger partial charge in [0.25, 0.3) is 0 Å². The molecule has 3 aromatic rings. The normalized spacial score (nSPS) is 15.3. The Hall–Kier alpha value is -4.28. The number of nitrogens with zero attached hydrogens (tertiary/aromatic N) is 5. The van der Waals surface area contributed by atoms with E-state index in [-0.39, 0.29) is 29.7 Å². The van der Waals surface area contributed by atoms with Crippen molar-refractivity contribution in [2.45, 2.75) is 38.8 Å². The summed E-state index contributed by atoms with van der Waals surface area (Å²) in [5.74, 6) is -0.139. The van der Waals surface area contributed by atoms with Crippen LogP contribution in [0.2, 0.25) is 0 Å². The summed E-state index contributed by atoms with van der Waals surface area (Å²) in [4.78, 5) is 32.8. The van der Waals surface area contributed by atoms with E-state index in [0.29, 0.717) is 12.2 Å². The maximum atomic E-state index is 12.5. The number of hydrogen-bond donors (Lipinski definition) is 2. The highest BCUT2D eigenvalue weighted by molar-refractivity contribution is 5.91. The molecule has 1 aliphatic heterocycles. The summed E-state index contributed by atoms with van der Waals surface area (Å²) >= 11 is 0. The molecule has 4 rings (SSSR count). The lowest BCUT2D eigenvalue weighted by Gasteiger charge is -2.20. The summed E-state index contributed by atoms with van der Waals surface area (Å²) in [6, 6.07) is 11.1. The van der Waals surface area contributed by atoms with Crippen molar-refractivity contribution in [3.8, 4) is 0 Å². The zero-order valence-corrected chi connectivity index (χ0v) is 20.0. The van der Waals surface area contributed by atoms with E-state index < -0.39 is 16.6 Å². The predicted octanol–water partition coefficient (Wildman–Crippen LogP) is 4.51. The van der Waals surface area contributed by atoms with Crippen LogP contribution in [0.15, 0.2) is 47.7 Å². The summed E-state index contributed by atoms with van der Waals surface area (Å²) in [6.45, 7) is 6.00. The van der Waals surface area contributed by atoms with Crippen molar-refractivity contribution in [3.05, 3.63) is 64.0 Å². The van der Waals surface area contributed by atoms with Gasteiger partial charge in [-0.15, -0.1) is 0 Å². The van der Waals surface area contributed by atoms with Crippen LogP contribution in [0.5, 0.6) is 0 Å². The van der Waals surface area contributed by atoms with E-state index in [9.17, 15) is 14.9 Å². The molecule has 0 bridgehead atoms. The van der Waals surface area contributed by atoms with Crippen LogP contribution in [0.3, 0.4) is 0 Å². The van der Waals surface area contributed by atoms with Crippen molar-refractivity contribution in [1.82, 2.24) is 15.0 Å². The molecule has 1 unspecified atom stereocenters. The number of benzene rings is 1. The highest BCUT2D eigenvalue weighted by atomic mass is 16.6. The van der Waals surface area contributed by atoms with E-state index in [4.69, 9.17) is 4.74 Å². The van der Waals surface area contributed by atoms with Gasteiger partial charge in [0.1, 0.15) is 11.3 Å². The van der Waals surface area contributed by atoms with Gasteiger partial charge >= 0.3 is 11.8 Å². The lowest BCUT2D eigenvalue weighted by Crippen LogP contribution is -2.27. The minimum Gasteiger partial charge on any atom is -0.444 e. The fourth-order valence-electron chi connectivity index (χ4n) is 3.73. The Morgan fingerprint density at radius 1 is 1.29 bits per heavy atom. The van der Waals surface area contributed by atoms with Crippen LogP contribution in [-0.4, -0.2) is 51.4 Å². The number of likely N-dealkylation sites (N-methyl/N-ethyl adjacent to an activating group) is 1. The SMILES string of the molecule is CN1CC(c2cc(NC(=O)OC(C)(C)C)c([N+](=O)[O-])c(NCc3ccc4ncccc4c3)n2)C=N1. The number of fused-ring (bicyclic) bond motifs is 1. The fourth-order valence-corrected chi connectivity index (χ4v) is 3.73. The Labute approximate surface area is 202 Å². The number of pyridine rings is 2. The molecule has 0 saturated heterocycles. The maximum Gasteiger partial charge on any atom is 0.412 e. The van der Waals surface area contributed by atoms with Crippen molar-refractivity contribution in [3.63, 3.8) is 0 Å². The lowest BCUT2D eigenvalue weighted by molar-refractivity contribution is -0.383. The van der Waals surface area contributed by atoms with Crippen LogP contribution in [0.4, 0.5) is 22.0 Å².